The quantitative estimate of drug-likeness (QED) is 0.711. The van der Waals surface area contributed by atoms with E-state index in [4.69, 9.17) is 4.98 Å². The Balaban J connectivity index is 1.67. The fourth-order valence-corrected chi connectivity index (χ4v) is 3.05. The van der Waals surface area contributed by atoms with Gasteiger partial charge in [0.2, 0.25) is 0 Å². The average molecular weight is 350 g/mol. The van der Waals surface area contributed by atoms with Gasteiger partial charge in [-0.2, -0.15) is 0 Å². The summed E-state index contributed by atoms with van der Waals surface area (Å²) in [6, 6.07) is 11.7. The van der Waals surface area contributed by atoms with Crippen molar-refractivity contribution in [2.75, 3.05) is 26.2 Å². The molecule has 0 saturated heterocycles. The van der Waals surface area contributed by atoms with Crippen LogP contribution >= 0.6 is 0 Å². The van der Waals surface area contributed by atoms with Crippen molar-refractivity contribution < 1.29 is 4.79 Å². The molecule has 3 rings (SSSR count). The van der Waals surface area contributed by atoms with Crippen LogP contribution in [0.4, 0.5) is 0 Å². The molecule has 136 valence electrons. The molecule has 0 atom stereocenters. The molecule has 0 bridgehead atoms. The number of benzene rings is 1. The van der Waals surface area contributed by atoms with Crippen LogP contribution in [-0.2, 0) is 0 Å². The second-order valence-corrected chi connectivity index (χ2v) is 6.41. The van der Waals surface area contributed by atoms with Gasteiger partial charge in [0.05, 0.1) is 5.69 Å². The molecule has 5 heteroatoms. The largest absolute Gasteiger partial charge is 0.351 e. The lowest BCUT2D eigenvalue weighted by molar-refractivity contribution is 0.0949. The molecule has 1 amide bonds. The maximum absolute atomic E-state index is 12.3. The van der Waals surface area contributed by atoms with E-state index in [1.807, 2.05) is 47.1 Å². The first-order chi connectivity index (χ1) is 12.6. The van der Waals surface area contributed by atoms with E-state index in [1.165, 1.54) is 0 Å². The molecule has 0 aliphatic carbocycles. The SMILES string of the molecule is CCN(CC)CCNC(=O)c1ccc(-c2cn3cccc(C)c3n2)cc1. The number of aromatic nitrogens is 2. The second-order valence-electron chi connectivity index (χ2n) is 6.41. The fraction of sp³-hybridized carbons (Fsp3) is 0.333. The number of carbonyl (C=O) groups is 1. The van der Waals surface area contributed by atoms with Crippen LogP contribution in [0.2, 0.25) is 0 Å². The molecule has 5 nitrogen and oxygen atoms in total. The molecular weight excluding hydrogens is 324 g/mol. The van der Waals surface area contributed by atoms with Crippen molar-refractivity contribution >= 4 is 11.6 Å². The third-order valence-corrected chi connectivity index (χ3v) is 4.73. The Morgan fingerprint density at radius 3 is 2.54 bits per heavy atom. The molecule has 2 heterocycles. The summed E-state index contributed by atoms with van der Waals surface area (Å²) in [5.74, 6) is -0.0328. The number of aryl methyl sites for hydroxylation is 1. The summed E-state index contributed by atoms with van der Waals surface area (Å²) in [5.41, 5.74) is 4.69. The summed E-state index contributed by atoms with van der Waals surface area (Å²) in [4.78, 5) is 19.3. The van der Waals surface area contributed by atoms with Crippen molar-refractivity contribution in [3.8, 4) is 11.3 Å². The minimum atomic E-state index is -0.0328. The van der Waals surface area contributed by atoms with E-state index in [9.17, 15) is 4.79 Å². The first kappa shape index (κ1) is 18.1. The van der Waals surface area contributed by atoms with Gasteiger partial charge in [-0.05, 0) is 43.8 Å². The van der Waals surface area contributed by atoms with Crippen molar-refractivity contribution in [2.24, 2.45) is 0 Å². The lowest BCUT2D eigenvalue weighted by Gasteiger charge is -2.17. The van der Waals surface area contributed by atoms with Gasteiger partial charge in [-0.15, -0.1) is 0 Å². The highest BCUT2D eigenvalue weighted by molar-refractivity contribution is 5.94. The smallest absolute Gasteiger partial charge is 0.251 e. The van der Waals surface area contributed by atoms with Crippen LogP contribution in [0, 0.1) is 6.92 Å². The molecule has 0 fully saturated rings. The number of imidazole rings is 1. The zero-order valence-electron chi connectivity index (χ0n) is 15.7. The second kappa shape index (κ2) is 8.15. The van der Waals surface area contributed by atoms with Crippen LogP contribution in [-0.4, -0.2) is 46.4 Å². The Morgan fingerprint density at radius 1 is 1.15 bits per heavy atom. The van der Waals surface area contributed by atoms with Crippen LogP contribution in [0.1, 0.15) is 29.8 Å². The first-order valence-electron chi connectivity index (χ1n) is 9.17. The third kappa shape index (κ3) is 3.94. The lowest BCUT2D eigenvalue weighted by Crippen LogP contribution is -2.34. The third-order valence-electron chi connectivity index (χ3n) is 4.73. The monoisotopic (exact) mass is 350 g/mol. The van der Waals surface area contributed by atoms with Crippen LogP contribution in [0.25, 0.3) is 16.9 Å². The number of nitrogens with zero attached hydrogens (tertiary/aromatic N) is 3. The molecule has 26 heavy (non-hydrogen) atoms. The Hall–Kier alpha value is -2.66. The topological polar surface area (TPSA) is 49.6 Å². The number of carbonyl (C=O) groups excluding carboxylic acids is 1. The zero-order valence-corrected chi connectivity index (χ0v) is 15.7. The van der Waals surface area contributed by atoms with Gasteiger partial charge >= 0.3 is 0 Å². The molecular formula is C21H26N4O. The molecule has 0 spiro atoms. The van der Waals surface area contributed by atoms with Gasteiger partial charge < -0.3 is 14.6 Å². The summed E-state index contributed by atoms with van der Waals surface area (Å²) < 4.78 is 2.03. The van der Waals surface area contributed by atoms with E-state index >= 15 is 0 Å². The number of hydrogen-bond donors (Lipinski definition) is 1. The van der Waals surface area contributed by atoms with E-state index < -0.39 is 0 Å². The summed E-state index contributed by atoms with van der Waals surface area (Å²) in [6.07, 6.45) is 4.01. The average Bonchev–Trinajstić information content (AvgIpc) is 3.11. The zero-order chi connectivity index (χ0) is 18.5. The maximum Gasteiger partial charge on any atom is 0.251 e. The summed E-state index contributed by atoms with van der Waals surface area (Å²) in [5, 5.41) is 2.99. The normalized spacial score (nSPS) is 11.2. The van der Waals surface area contributed by atoms with Crippen LogP contribution in [0.3, 0.4) is 0 Å². The molecule has 0 radical (unpaired) electrons. The van der Waals surface area contributed by atoms with E-state index in [0.29, 0.717) is 12.1 Å². The highest BCUT2D eigenvalue weighted by atomic mass is 16.1. The highest BCUT2D eigenvalue weighted by Crippen LogP contribution is 2.21. The van der Waals surface area contributed by atoms with E-state index in [0.717, 1.165) is 42.1 Å². The van der Waals surface area contributed by atoms with Crippen molar-refractivity contribution in [1.82, 2.24) is 19.6 Å². The predicted octanol–water partition coefficient (Wildman–Crippen LogP) is 3.38. The molecule has 1 aromatic carbocycles. The van der Waals surface area contributed by atoms with Gasteiger partial charge in [0.25, 0.3) is 5.91 Å². The number of fused-ring (bicyclic) bond motifs is 1. The molecule has 0 aliphatic heterocycles. The predicted molar refractivity (Wildman–Crippen MR) is 105 cm³/mol. The Bertz CT molecular complexity index is 879. The standard InChI is InChI=1S/C21H26N4O/c1-4-24(5-2)14-12-22-21(26)18-10-8-17(9-11-18)19-15-25-13-6-7-16(3)20(25)23-19/h6-11,13,15H,4-5,12,14H2,1-3H3,(H,22,26). The molecule has 2 aromatic heterocycles. The molecule has 0 saturated carbocycles. The number of pyridine rings is 1. The lowest BCUT2D eigenvalue weighted by atomic mass is 10.1. The Labute approximate surface area is 154 Å². The molecule has 1 N–H and O–H groups in total. The fourth-order valence-electron chi connectivity index (χ4n) is 3.05. The van der Waals surface area contributed by atoms with Crippen molar-refractivity contribution in [1.29, 1.82) is 0 Å². The summed E-state index contributed by atoms with van der Waals surface area (Å²) in [7, 11) is 0. The van der Waals surface area contributed by atoms with Gasteiger partial charge in [0.15, 0.2) is 0 Å². The maximum atomic E-state index is 12.3. The minimum absolute atomic E-state index is 0.0328. The summed E-state index contributed by atoms with van der Waals surface area (Å²) >= 11 is 0. The Morgan fingerprint density at radius 2 is 1.88 bits per heavy atom. The molecule has 3 aromatic rings. The Kier molecular flexibility index (Phi) is 5.68. The van der Waals surface area contributed by atoms with Crippen LogP contribution < -0.4 is 5.32 Å². The number of hydrogen-bond acceptors (Lipinski definition) is 3. The number of nitrogens with one attached hydrogen (secondary N) is 1. The van der Waals surface area contributed by atoms with E-state index in [2.05, 4.69) is 37.1 Å². The summed E-state index contributed by atoms with van der Waals surface area (Å²) in [6.45, 7) is 9.85. The van der Waals surface area contributed by atoms with Crippen LogP contribution in [0.5, 0.6) is 0 Å². The van der Waals surface area contributed by atoms with Gasteiger partial charge in [0.1, 0.15) is 5.65 Å². The van der Waals surface area contributed by atoms with Gasteiger partial charge in [-0.1, -0.05) is 32.0 Å². The molecule has 0 unspecified atom stereocenters. The van der Waals surface area contributed by atoms with Crippen molar-refractivity contribution in [2.45, 2.75) is 20.8 Å². The van der Waals surface area contributed by atoms with Gasteiger partial charge in [-0.25, -0.2) is 4.98 Å². The highest BCUT2D eigenvalue weighted by Gasteiger charge is 2.09. The van der Waals surface area contributed by atoms with Gasteiger partial charge in [-0.3, -0.25) is 4.79 Å². The van der Waals surface area contributed by atoms with Gasteiger partial charge in [0, 0.05) is 36.6 Å². The number of likely N-dealkylation sites (N-methyl/N-ethyl adjacent to an activating group) is 1. The van der Waals surface area contributed by atoms with E-state index in [-0.39, 0.29) is 5.91 Å². The van der Waals surface area contributed by atoms with Crippen molar-refractivity contribution in [3.63, 3.8) is 0 Å². The van der Waals surface area contributed by atoms with Crippen LogP contribution in [0.15, 0.2) is 48.8 Å². The number of rotatable bonds is 7. The van der Waals surface area contributed by atoms with E-state index in [1.54, 1.807) is 0 Å². The number of amides is 1. The minimum Gasteiger partial charge on any atom is -0.351 e. The van der Waals surface area contributed by atoms with Crippen molar-refractivity contribution in [3.05, 3.63) is 59.9 Å². The molecule has 0 aliphatic rings. The first-order valence-corrected chi connectivity index (χ1v) is 9.17.